The van der Waals surface area contributed by atoms with E-state index in [9.17, 15) is 9.59 Å². The molecule has 0 fully saturated rings. The number of rotatable bonds is 6. The standard InChI is InChI=1S/C13H16O6/c1-16-9-5-6-10(17-2)13(19-4)12(9)8(14)7-11(15)18-3/h5-6H,7H2,1-4H3. The molecule has 0 radical (unpaired) electrons. The zero-order valence-corrected chi connectivity index (χ0v) is 11.3. The second-order valence-corrected chi connectivity index (χ2v) is 3.55. The Balaban J connectivity index is 3.28. The van der Waals surface area contributed by atoms with Crippen molar-refractivity contribution < 1.29 is 28.5 Å². The summed E-state index contributed by atoms with van der Waals surface area (Å²) in [5.74, 6) is -0.157. The number of hydrogen-bond acceptors (Lipinski definition) is 6. The fourth-order valence-corrected chi connectivity index (χ4v) is 1.63. The lowest BCUT2D eigenvalue weighted by Gasteiger charge is -2.14. The molecule has 0 amide bonds. The molecule has 1 rings (SSSR count). The van der Waals surface area contributed by atoms with Crippen LogP contribution in [0.5, 0.6) is 17.2 Å². The van der Waals surface area contributed by atoms with E-state index in [1.54, 1.807) is 12.1 Å². The fraction of sp³-hybridized carbons (Fsp3) is 0.385. The molecule has 0 bridgehead atoms. The molecule has 0 aliphatic carbocycles. The monoisotopic (exact) mass is 268 g/mol. The summed E-state index contributed by atoms with van der Waals surface area (Å²) in [5.41, 5.74) is 0.162. The van der Waals surface area contributed by atoms with E-state index in [0.717, 1.165) is 0 Å². The molecule has 0 unspecified atom stereocenters. The third kappa shape index (κ3) is 3.15. The van der Waals surface area contributed by atoms with Crippen molar-refractivity contribution in [3.8, 4) is 17.2 Å². The number of hydrogen-bond donors (Lipinski definition) is 0. The average molecular weight is 268 g/mol. The van der Waals surface area contributed by atoms with Gasteiger partial charge in [-0.05, 0) is 12.1 Å². The molecule has 104 valence electrons. The zero-order valence-electron chi connectivity index (χ0n) is 11.3. The Hall–Kier alpha value is -2.24. The van der Waals surface area contributed by atoms with Crippen LogP contribution in [-0.4, -0.2) is 40.2 Å². The normalized spacial score (nSPS) is 9.68. The Labute approximate surface area is 111 Å². The highest BCUT2D eigenvalue weighted by Gasteiger charge is 2.24. The molecule has 0 N–H and O–H groups in total. The SMILES string of the molecule is COC(=O)CC(=O)c1c(OC)ccc(OC)c1OC. The Kier molecular flexibility index (Phi) is 5.17. The summed E-state index contributed by atoms with van der Waals surface area (Å²) in [6.45, 7) is 0. The first-order valence-electron chi connectivity index (χ1n) is 5.48. The van der Waals surface area contributed by atoms with Gasteiger partial charge in [-0.2, -0.15) is 0 Å². The lowest BCUT2D eigenvalue weighted by atomic mass is 10.0. The van der Waals surface area contributed by atoms with Crippen molar-refractivity contribution in [1.82, 2.24) is 0 Å². The summed E-state index contributed by atoms with van der Waals surface area (Å²) < 4.78 is 19.9. The zero-order chi connectivity index (χ0) is 14.4. The van der Waals surface area contributed by atoms with Gasteiger partial charge in [0.05, 0.1) is 28.4 Å². The van der Waals surface area contributed by atoms with Crippen LogP contribution in [0.15, 0.2) is 12.1 Å². The van der Waals surface area contributed by atoms with Gasteiger partial charge in [0, 0.05) is 0 Å². The van der Waals surface area contributed by atoms with E-state index >= 15 is 0 Å². The average Bonchev–Trinajstić information content (AvgIpc) is 2.44. The summed E-state index contributed by atoms with van der Waals surface area (Å²) in [7, 11) is 5.51. The van der Waals surface area contributed by atoms with Crippen LogP contribution in [0, 0.1) is 0 Å². The smallest absolute Gasteiger partial charge is 0.313 e. The molecule has 0 aliphatic rings. The van der Waals surface area contributed by atoms with Gasteiger partial charge in [-0.1, -0.05) is 0 Å². The van der Waals surface area contributed by atoms with E-state index in [2.05, 4.69) is 4.74 Å². The summed E-state index contributed by atoms with van der Waals surface area (Å²) in [6, 6.07) is 3.19. The Morgan fingerprint density at radius 1 is 0.947 bits per heavy atom. The molecule has 0 aliphatic heterocycles. The minimum Gasteiger partial charge on any atom is -0.496 e. The molecular weight excluding hydrogens is 252 g/mol. The first-order valence-corrected chi connectivity index (χ1v) is 5.48. The molecular formula is C13H16O6. The van der Waals surface area contributed by atoms with E-state index in [0.29, 0.717) is 11.5 Å². The second-order valence-electron chi connectivity index (χ2n) is 3.55. The minimum absolute atomic E-state index is 0.162. The van der Waals surface area contributed by atoms with Crippen LogP contribution < -0.4 is 14.2 Å². The van der Waals surface area contributed by atoms with Gasteiger partial charge in [-0.3, -0.25) is 9.59 Å². The molecule has 1 aromatic rings. The molecule has 0 saturated carbocycles. The maximum atomic E-state index is 12.1. The molecule has 6 nitrogen and oxygen atoms in total. The van der Waals surface area contributed by atoms with Crippen LogP contribution in [0.3, 0.4) is 0 Å². The molecule has 0 saturated heterocycles. The quantitative estimate of drug-likeness (QED) is 0.442. The van der Waals surface area contributed by atoms with Gasteiger partial charge < -0.3 is 18.9 Å². The van der Waals surface area contributed by atoms with Gasteiger partial charge in [0.25, 0.3) is 0 Å². The van der Waals surface area contributed by atoms with Gasteiger partial charge in [-0.25, -0.2) is 0 Å². The lowest BCUT2D eigenvalue weighted by Crippen LogP contribution is -2.12. The highest BCUT2D eigenvalue weighted by atomic mass is 16.5. The van der Waals surface area contributed by atoms with E-state index in [-0.39, 0.29) is 11.3 Å². The maximum Gasteiger partial charge on any atom is 0.313 e. The highest BCUT2D eigenvalue weighted by molar-refractivity contribution is 6.09. The van der Waals surface area contributed by atoms with Crippen molar-refractivity contribution in [3.05, 3.63) is 17.7 Å². The predicted molar refractivity (Wildman–Crippen MR) is 67.1 cm³/mol. The predicted octanol–water partition coefficient (Wildman–Crippen LogP) is 1.46. The third-order valence-corrected chi connectivity index (χ3v) is 2.54. The van der Waals surface area contributed by atoms with Crippen LogP contribution in [0.4, 0.5) is 0 Å². The number of methoxy groups -OCH3 is 4. The number of ether oxygens (including phenoxy) is 4. The van der Waals surface area contributed by atoms with Crippen molar-refractivity contribution in [1.29, 1.82) is 0 Å². The minimum atomic E-state index is -0.628. The van der Waals surface area contributed by atoms with E-state index < -0.39 is 18.2 Å². The van der Waals surface area contributed by atoms with Gasteiger partial charge in [-0.15, -0.1) is 0 Å². The highest BCUT2D eigenvalue weighted by Crippen LogP contribution is 2.38. The Morgan fingerprint density at radius 2 is 1.53 bits per heavy atom. The summed E-state index contributed by atoms with van der Waals surface area (Å²) >= 11 is 0. The van der Waals surface area contributed by atoms with Gasteiger partial charge in [0.2, 0.25) is 0 Å². The van der Waals surface area contributed by atoms with Crippen molar-refractivity contribution >= 4 is 11.8 Å². The Bertz CT molecular complexity index is 480. The molecule has 0 spiro atoms. The number of carbonyl (C=O) groups excluding carboxylic acids is 2. The second kappa shape index (κ2) is 6.63. The van der Waals surface area contributed by atoms with Crippen LogP contribution in [-0.2, 0) is 9.53 Å². The van der Waals surface area contributed by atoms with Gasteiger partial charge in [0.15, 0.2) is 17.3 Å². The Morgan fingerprint density at radius 3 is 2.00 bits per heavy atom. The number of carbonyl (C=O) groups is 2. The van der Waals surface area contributed by atoms with Gasteiger partial charge >= 0.3 is 5.97 Å². The lowest BCUT2D eigenvalue weighted by molar-refractivity contribution is -0.139. The summed E-state index contributed by atoms with van der Waals surface area (Å²) in [6.07, 6.45) is -0.392. The van der Waals surface area contributed by atoms with E-state index in [1.165, 1.54) is 28.4 Å². The third-order valence-electron chi connectivity index (χ3n) is 2.54. The molecule has 0 aromatic heterocycles. The van der Waals surface area contributed by atoms with Crippen molar-refractivity contribution in [2.75, 3.05) is 28.4 Å². The van der Waals surface area contributed by atoms with Crippen LogP contribution in [0.25, 0.3) is 0 Å². The van der Waals surface area contributed by atoms with Crippen molar-refractivity contribution in [3.63, 3.8) is 0 Å². The summed E-state index contributed by atoms with van der Waals surface area (Å²) in [4.78, 5) is 23.3. The number of Topliss-reactive ketones (excluding diaryl/α,β-unsaturated/α-hetero) is 1. The number of ketones is 1. The van der Waals surface area contributed by atoms with Crippen LogP contribution >= 0.6 is 0 Å². The summed E-state index contributed by atoms with van der Waals surface area (Å²) in [5, 5.41) is 0. The molecule has 6 heteroatoms. The van der Waals surface area contributed by atoms with Crippen LogP contribution in [0.1, 0.15) is 16.8 Å². The molecule has 19 heavy (non-hydrogen) atoms. The van der Waals surface area contributed by atoms with E-state index in [1.807, 2.05) is 0 Å². The first kappa shape index (κ1) is 14.8. The molecule has 0 heterocycles. The molecule has 1 aromatic carbocycles. The van der Waals surface area contributed by atoms with Gasteiger partial charge in [0.1, 0.15) is 17.7 Å². The first-order chi connectivity index (χ1) is 9.08. The van der Waals surface area contributed by atoms with Crippen LogP contribution in [0.2, 0.25) is 0 Å². The topological polar surface area (TPSA) is 71.1 Å². The molecule has 0 atom stereocenters. The van der Waals surface area contributed by atoms with Crippen molar-refractivity contribution in [2.24, 2.45) is 0 Å². The fourth-order valence-electron chi connectivity index (χ4n) is 1.63. The number of esters is 1. The number of benzene rings is 1. The largest absolute Gasteiger partial charge is 0.496 e. The maximum absolute atomic E-state index is 12.1. The van der Waals surface area contributed by atoms with Crippen molar-refractivity contribution in [2.45, 2.75) is 6.42 Å². The van der Waals surface area contributed by atoms with E-state index in [4.69, 9.17) is 14.2 Å².